The lowest BCUT2D eigenvalue weighted by molar-refractivity contribution is 0.306. The maximum atomic E-state index is 5.88. The molecule has 0 aliphatic rings. The van der Waals surface area contributed by atoms with Gasteiger partial charge in [-0.3, -0.25) is 4.99 Å². The van der Waals surface area contributed by atoms with Gasteiger partial charge in [-0.1, -0.05) is 60.7 Å². The topological polar surface area (TPSA) is 30.8 Å². The highest BCUT2D eigenvalue weighted by Gasteiger charge is 2.08. The van der Waals surface area contributed by atoms with Crippen LogP contribution in [0.1, 0.15) is 29.7 Å². The first-order valence-corrected chi connectivity index (χ1v) is 8.69. The molecule has 0 aliphatic carbocycles. The van der Waals surface area contributed by atoms with Crippen LogP contribution in [0.5, 0.6) is 11.5 Å². The summed E-state index contributed by atoms with van der Waals surface area (Å²) in [5.74, 6) is 1.69. The van der Waals surface area contributed by atoms with Crippen LogP contribution in [0, 0.1) is 0 Å². The van der Waals surface area contributed by atoms with Gasteiger partial charge in [-0.2, -0.15) is 0 Å². The van der Waals surface area contributed by atoms with E-state index in [2.05, 4.69) is 24.0 Å². The summed E-state index contributed by atoms with van der Waals surface area (Å²) in [6, 6.07) is 26.1. The monoisotopic (exact) mass is 345 g/mol. The molecule has 3 aromatic rings. The Labute approximate surface area is 154 Å². The highest BCUT2D eigenvalue weighted by Crippen LogP contribution is 2.27. The molecule has 3 rings (SSSR count). The van der Waals surface area contributed by atoms with Crippen LogP contribution < -0.4 is 9.47 Å². The molecule has 0 amide bonds. The lowest BCUT2D eigenvalue weighted by atomic mass is 10.1. The minimum absolute atomic E-state index is 0.0139. The molecule has 3 nitrogen and oxygen atoms in total. The van der Waals surface area contributed by atoms with Gasteiger partial charge in [0.15, 0.2) is 0 Å². The third kappa shape index (κ3) is 4.73. The SMILES string of the molecule is COc1ccccc1C(C)/N=C/c1cccc(OCc2ccccc2)c1. The molecule has 1 unspecified atom stereocenters. The van der Waals surface area contributed by atoms with Crippen molar-refractivity contribution < 1.29 is 9.47 Å². The molecule has 3 aromatic carbocycles. The lowest BCUT2D eigenvalue weighted by Gasteiger charge is -2.11. The molecule has 0 aromatic heterocycles. The van der Waals surface area contributed by atoms with Crippen LogP contribution in [0.15, 0.2) is 83.9 Å². The van der Waals surface area contributed by atoms with Gasteiger partial charge in [0.25, 0.3) is 0 Å². The zero-order chi connectivity index (χ0) is 18.2. The van der Waals surface area contributed by atoms with Gasteiger partial charge in [0.1, 0.15) is 18.1 Å². The largest absolute Gasteiger partial charge is 0.496 e. The van der Waals surface area contributed by atoms with Crippen molar-refractivity contribution in [3.63, 3.8) is 0 Å². The van der Waals surface area contributed by atoms with E-state index in [4.69, 9.17) is 9.47 Å². The second-order valence-electron chi connectivity index (χ2n) is 6.04. The summed E-state index contributed by atoms with van der Waals surface area (Å²) in [6.45, 7) is 2.61. The molecular formula is C23H23NO2. The molecule has 0 saturated heterocycles. The number of hydrogen-bond acceptors (Lipinski definition) is 3. The average Bonchev–Trinajstić information content (AvgIpc) is 2.71. The smallest absolute Gasteiger partial charge is 0.124 e. The van der Waals surface area contributed by atoms with E-state index >= 15 is 0 Å². The van der Waals surface area contributed by atoms with E-state index in [0.29, 0.717) is 6.61 Å². The fourth-order valence-corrected chi connectivity index (χ4v) is 2.72. The van der Waals surface area contributed by atoms with Crippen LogP contribution in [0.4, 0.5) is 0 Å². The minimum Gasteiger partial charge on any atom is -0.496 e. The minimum atomic E-state index is 0.0139. The fourth-order valence-electron chi connectivity index (χ4n) is 2.72. The first-order valence-electron chi connectivity index (χ1n) is 8.69. The summed E-state index contributed by atoms with van der Waals surface area (Å²) in [5.41, 5.74) is 3.23. The van der Waals surface area contributed by atoms with Crippen LogP contribution in [0.2, 0.25) is 0 Å². The van der Waals surface area contributed by atoms with Crippen LogP contribution in [0.25, 0.3) is 0 Å². The van der Waals surface area contributed by atoms with Gasteiger partial charge in [0.2, 0.25) is 0 Å². The average molecular weight is 345 g/mol. The summed E-state index contributed by atoms with van der Waals surface area (Å²) >= 11 is 0. The first kappa shape index (κ1) is 17.7. The van der Waals surface area contributed by atoms with Crippen molar-refractivity contribution in [2.75, 3.05) is 7.11 Å². The van der Waals surface area contributed by atoms with E-state index in [9.17, 15) is 0 Å². The van der Waals surface area contributed by atoms with Gasteiger partial charge in [0.05, 0.1) is 13.2 Å². The molecule has 26 heavy (non-hydrogen) atoms. The van der Waals surface area contributed by atoms with E-state index < -0.39 is 0 Å². The second-order valence-corrected chi connectivity index (χ2v) is 6.04. The van der Waals surface area contributed by atoms with E-state index in [-0.39, 0.29) is 6.04 Å². The molecule has 0 aliphatic heterocycles. The molecule has 0 radical (unpaired) electrons. The third-order valence-electron chi connectivity index (χ3n) is 4.14. The Kier molecular flexibility index (Phi) is 6.05. The number of ether oxygens (including phenoxy) is 2. The molecular weight excluding hydrogens is 322 g/mol. The second kappa shape index (κ2) is 8.86. The fraction of sp³-hybridized carbons (Fsp3) is 0.174. The van der Waals surface area contributed by atoms with Crippen LogP contribution >= 0.6 is 0 Å². The van der Waals surface area contributed by atoms with Crippen molar-refractivity contribution in [1.29, 1.82) is 0 Å². The van der Waals surface area contributed by atoms with Gasteiger partial charge >= 0.3 is 0 Å². The van der Waals surface area contributed by atoms with Crippen molar-refractivity contribution in [3.8, 4) is 11.5 Å². The Morgan fingerprint density at radius 2 is 1.69 bits per heavy atom. The summed E-state index contributed by atoms with van der Waals surface area (Å²) in [6.07, 6.45) is 1.88. The zero-order valence-corrected chi connectivity index (χ0v) is 15.1. The van der Waals surface area contributed by atoms with E-state index in [0.717, 1.165) is 28.2 Å². The van der Waals surface area contributed by atoms with Crippen LogP contribution in [0.3, 0.4) is 0 Å². The zero-order valence-electron chi connectivity index (χ0n) is 15.1. The summed E-state index contributed by atoms with van der Waals surface area (Å²) in [4.78, 5) is 4.67. The summed E-state index contributed by atoms with van der Waals surface area (Å²) < 4.78 is 11.3. The molecule has 0 heterocycles. The molecule has 0 spiro atoms. The molecule has 0 saturated carbocycles. The first-order chi connectivity index (χ1) is 12.8. The van der Waals surface area contributed by atoms with Crippen molar-refractivity contribution >= 4 is 6.21 Å². The number of para-hydroxylation sites is 1. The predicted molar refractivity (Wildman–Crippen MR) is 106 cm³/mol. The third-order valence-corrected chi connectivity index (χ3v) is 4.14. The van der Waals surface area contributed by atoms with Gasteiger partial charge in [-0.25, -0.2) is 0 Å². The van der Waals surface area contributed by atoms with Crippen molar-refractivity contribution in [2.45, 2.75) is 19.6 Å². The number of benzene rings is 3. The maximum Gasteiger partial charge on any atom is 0.124 e. The Morgan fingerprint density at radius 3 is 2.50 bits per heavy atom. The molecule has 0 bridgehead atoms. The number of hydrogen-bond donors (Lipinski definition) is 0. The maximum absolute atomic E-state index is 5.88. The molecule has 1 atom stereocenters. The van der Waals surface area contributed by atoms with Gasteiger partial charge in [-0.05, 0) is 36.2 Å². The Bertz CT molecular complexity index is 859. The molecule has 132 valence electrons. The Morgan fingerprint density at radius 1 is 0.923 bits per heavy atom. The Balaban J connectivity index is 1.67. The highest BCUT2D eigenvalue weighted by atomic mass is 16.5. The van der Waals surface area contributed by atoms with Gasteiger partial charge in [0, 0.05) is 11.8 Å². The van der Waals surface area contributed by atoms with E-state index in [1.54, 1.807) is 7.11 Å². The van der Waals surface area contributed by atoms with E-state index in [1.165, 1.54) is 0 Å². The van der Waals surface area contributed by atoms with Gasteiger partial charge < -0.3 is 9.47 Å². The standard InChI is InChI=1S/C23H23NO2/c1-18(22-13-6-7-14-23(22)25-2)24-16-20-11-8-12-21(15-20)26-17-19-9-4-3-5-10-19/h3-16,18H,17H2,1-2H3/b24-16+. The molecule has 0 N–H and O–H groups in total. The number of nitrogens with zero attached hydrogens (tertiary/aromatic N) is 1. The number of rotatable bonds is 7. The summed E-state index contributed by atoms with van der Waals surface area (Å²) in [7, 11) is 1.68. The van der Waals surface area contributed by atoms with Crippen molar-refractivity contribution in [1.82, 2.24) is 0 Å². The summed E-state index contributed by atoms with van der Waals surface area (Å²) in [5, 5.41) is 0. The molecule has 0 fully saturated rings. The van der Waals surface area contributed by atoms with Crippen molar-refractivity contribution in [3.05, 3.63) is 95.6 Å². The van der Waals surface area contributed by atoms with Crippen molar-refractivity contribution in [2.24, 2.45) is 4.99 Å². The molecule has 3 heteroatoms. The normalized spacial score (nSPS) is 12.1. The predicted octanol–water partition coefficient (Wildman–Crippen LogP) is 5.45. The van der Waals surface area contributed by atoms with Gasteiger partial charge in [-0.15, -0.1) is 0 Å². The van der Waals surface area contributed by atoms with E-state index in [1.807, 2.05) is 72.9 Å². The quantitative estimate of drug-likeness (QED) is 0.533. The lowest BCUT2D eigenvalue weighted by Crippen LogP contribution is -1.97. The van der Waals surface area contributed by atoms with Crippen LogP contribution in [-0.4, -0.2) is 13.3 Å². The number of methoxy groups -OCH3 is 1. The highest BCUT2D eigenvalue weighted by molar-refractivity contribution is 5.80. The van der Waals surface area contributed by atoms with Crippen LogP contribution in [-0.2, 0) is 6.61 Å². The number of aliphatic imine (C=N–C) groups is 1. The Hall–Kier alpha value is -3.07.